The Kier molecular flexibility index (Phi) is 3.66. The molecule has 0 atom stereocenters. The van der Waals surface area contributed by atoms with Crippen LogP contribution in [-0.4, -0.2) is 13.1 Å². The standard InChI is InChI=1S/C14H18FNO2/c1-18-13(17)10-5-6-11(12(15)9-10)14(16)7-3-2-4-8-14/h5-6,9H,2-4,7-8,16H2,1H3. The van der Waals surface area contributed by atoms with Crippen molar-refractivity contribution in [2.24, 2.45) is 5.73 Å². The first-order chi connectivity index (χ1) is 8.57. The van der Waals surface area contributed by atoms with Crippen molar-refractivity contribution >= 4 is 5.97 Å². The molecule has 1 saturated carbocycles. The van der Waals surface area contributed by atoms with E-state index in [0.717, 1.165) is 32.1 Å². The molecule has 0 unspecified atom stereocenters. The largest absolute Gasteiger partial charge is 0.465 e. The average Bonchev–Trinajstić information content (AvgIpc) is 2.38. The molecule has 0 saturated heterocycles. The number of halogens is 1. The van der Waals surface area contributed by atoms with Gasteiger partial charge in [-0.1, -0.05) is 25.3 Å². The molecule has 2 N–H and O–H groups in total. The molecular formula is C14H18FNO2. The minimum Gasteiger partial charge on any atom is -0.465 e. The summed E-state index contributed by atoms with van der Waals surface area (Å²) in [5, 5.41) is 0. The van der Waals surface area contributed by atoms with Gasteiger partial charge in [-0.05, 0) is 25.0 Å². The second-order valence-electron chi connectivity index (χ2n) is 4.90. The predicted octanol–water partition coefficient (Wildman–Crippen LogP) is 2.73. The summed E-state index contributed by atoms with van der Waals surface area (Å²) in [5.74, 6) is -0.947. The van der Waals surface area contributed by atoms with Crippen LogP contribution in [0.5, 0.6) is 0 Å². The highest BCUT2D eigenvalue weighted by molar-refractivity contribution is 5.89. The van der Waals surface area contributed by atoms with Crippen LogP contribution in [-0.2, 0) is 10.3 Å². The quantitative estimate of drug-likeness (QED) is 0.822. The van der Waals surface area contributed by atoms with Crippen LogP contribution in [0.4, 0.5) is 4.39 Å². The van der Waals surface area contributed by atoms with E-state index in [9.17, 15) is 9.18 Å². The van der Waals surface area contributed by atoms with E-state index in [-0.39, 0.29) is 5.56 Å². The van der Waals surface area contributed by atoms with E-state index in [1.165, 1.54) is 13.2 Å². The first kappa shape index (κ1) is 13.0. The maximum atomic E-state index is 14.1. The predicted molar refractivity (Wildman–Crippen MR) is 66.7 cm³/mol. The molecule has 0 bridgehead atoms. The molecule has 0 aromatic heterocycles. The van der Waals surface area contributed by atoms with Crippen LogP contribution in [0, 0.1) is 5.82 Å². The average molecular weight is 251 g/mol. The van der Waals surface area contributed by atoms with Crippen LogP contribution in [0.3, 0.4) is 0 Å². The summed E-state index contributed by atoms with van der Waals surface area (Å²) in [5.41, 5.74) is 6.43. The fourth-order valence-electron chi connectivity index (χ4n) is 2.62. The summed E-state index contributed by atoms with van der Waals surface area (Å²) >= 11 is 0. The minimum atomic E-state index is -0.586. The fraction of sp³-hybridized carbons (Fsp3) is 0.500. The van der Waals surface area contributed by atoms with E-state index in [4.69, 9.17) is 5.73 Å². The van der Waals surface area contributed by atoms with Crippen LogP contribution in [0.15, 0.2) is 18.2 Å². The van der Waals surface area contributed by atoms with Crippen molar-refractivity contribution in [1.29, 1.82) is 0 Å². The number of carbonyl (C=O) groups excluding carboxylic acids is 1. The van der Waals surface area contributed by atoms with E-state index in [0.29, 0.717) is 5.56 Å². The Morgan fingerprint density at radius 2 is 2.00 bits per heavy atom. The Morgan fingerprint density at radius 1 is 1.33 bits per heavy atom. The van der Waals surface area contributed by atoms with Gasteiger partial charge in [0.25, 0.3) is 0 Å². The lowest BCUT2D eigenvalue weighted by atomic mass is 9.77. The van der Waals surface area contributed by atoms with E-state index in [2.05, 4.69) is 4.74 Å². The Bertz CT molecular complexity index is 453. The third kappa shape index (κ3) is 2.38. The summed E-state index contributed by atoms with van der Waals surface area (Å²) in [6, 6.07) is 4.41. The summed E-state index contributed by atoms with van der Waals surface area (Å²) in [6.07, 6.45) is 4.78. The maximum absolute atomic E-state index is 14.1. The highest BCUT2D eigenvalue weighted by atomic mass is 19.1. The van der Waals surface area contributed by atoms with E-state index < -0.39 is 17.3 Å². The van der Waals surface area contributed by atoms with Crippen molar-refractivity contribution < 1.29 is 13.9 Å². The summed E-state index contributed by atoms with van der Waals surface area (Å²) < 4.78 is 18.7. The van der Waals surface area contributed by atoms with Crippen LogP contribution in [0.25, 0.3) is 0 Å². The fourth-order valence-corrected chi connectivity index (χ4v) is 2.62. The highest BCUT2D eigenvalue weighted by Gasteiger charge is 2.32. The molecule has 1 aliphatic rings. The van der Waals surface area contributed by atoms with E-state index in [1.807, 2.05) is 0 Å². The molecule has 98 valence electrons. The van der Waals surface area contributed by atoms with Gasteiger partial charge in [-0.25, -0.2) is 9.18 Å². The van der Waals surface area contributed by atoms with Gasteiger partial charge < -0.3 is 10.5 Å². The molecule has 0 aliphatic heterocycles. The van der Waals surface area contributed by atoms with Gasteiger partial charge in [-0.3, -0.25) is 0 Å². The zero-order valence-corrected chi connectivity index (χ0v) is 10.5. The topological polar surface area (TPSA) is 52.3 Å². The number of carbonyl (C=O) groups is 1. The molecule has 3 nitrogen and oxygen atoms in total. The molecule has 0 spiro atoms. The van der Waals surface area contributed by atoms with Crippen LogP contribution in [0.2, 0.25) is 0 Å². The maximum Gasteiger partial charge on any atom is 0.337 e. The highest BCUT2D eigenvalue weighted by Crippen LogP contribution is 2.36. The van der Waals surface area contributed by atoms with Gasteiger partial charge >= 0.3 is 5.97 Å². The molecule has 1 aliphatic carbocycles. The number of hydrogen-bond donors (Lipinski definition) is 1. The zero-order valence-electron chi connectivity index (χ0n) is 10.5. The van der Waals surface area contributed by atoms with Crippen molar-refractivity contribution in [3.8, 4) is 0 Å². The Balaban J connectivity index is 2.32. The third-order valence-electron chi connectivity index (χ3n) is 3.67. The monoisotopic (exact) mass is 251 g/mol. The van der Waals surface area contributed by atoms with Gasteiger partial charge in [0.05, 0.1) is 12.7 Å². The number of methoxy groups -OCH3 is 1. The SMILES string of the molecule is COC(=O)c1ccc(C2(N)CCCCC2)c(F)c1. The number of nitrogens with two attached hydrogens (primary N) is 1. The number of benzene rings is 1. The zero-order chi connectivity index (χ0) is 13.2. The third-order valence-corrected chi connectivity index (χ3v) is 3.67. The molecule has 4 heteroatoms. The van der Waals surface area contributed by atoms with Gasteiger partial charge in [0.15, 0.2) is 0 Å². The molecule has 0 radical (unpaired) electrons. The van der Waals surface area contributed by atoms with Crippen molar-refractivity contribution in [3.63, 3.8) is 0 Å². The van der Waals surface area contributed by atoms with Crippen molar-refractivity contribution in [2.45, 2.75) is 37.6 Å². The molecule has 2 rings (SSSR count). The second kappa shape index (κ2) is 5.06. The Hall–Kier alpha value is -1.42. The number of hydrogen-bond acceptors (Lipinski definition) is 3. The minimum absolute atomic E-state index is 0.221. The van der Waals surface area contributed by atoms with Gasteiger partial charge in [0, 0.05) is 11.1 Å². The van der Waals surface area contributed by atoms with Crippen molar-refractivity contribution in [3.05, 3.63) is 35.1 Å². The van der Waals surface area contributed by atoms with Crippen molar-refractivity contribution in [2.75, 3.05) is 7.11 Å². The van der Waals surface area contributed by atoms with Gasteiger partial charge in [0.1, 0.15) is 5.82 Å². The summed E-state index contributed by atoms with van der Waals surface area (Å²) in [7, 11) is 1.28. The molecule has 1 fully saturated rings. The number of esters is 1. The first-order valence-corrected chi connectivity index (χ1v) is 6.24. The molecule has 18 heavy (non-hydrogen) atoms. The molecule has 0 amide bonds. The summed E-state index contributed by atoms with van der Waals surface area (Å²) in [4.78, 5) is 11.3. The summed E-state index contributed by atoms with van der Waals surface area (Å²) in [6.45, 7) is 0. The first-order valence-electron chi connectivity index (χ1n) is 6.24. The van der Waals surface area contributed by atoms with Crippen LogP contribution >= 0.6 is 0 Å². The van der Waals surface area contributed by atoms with Gasteiger partial charge in [-0.15, -0.1) is 0 Å². The Labute approximate surface area is 106 Å². The lowest BCUT2D eigenvalue weighted by Gasteiger charge is -2.34. The van der Waals surface area contributed by atoms with E-state index >= 15 is 0 Å². The molecule has 1 aromatic rings. The normalized spacial score (nSPS) is 18.4. The Morgan fingerprint density at radius 3 is 2.56 bits per heavy atom. The van der Waals surface area contributed by atoms with Gasteiger partial charge in [0.2, 0.25) is 0 Å². The molecule has 0 heterocycles. The number of ether oxygens (including phenoxy) is 1. The molecular weight excluding hydrogens is 233 g/mol. The molecule has 1 aromatic carbocycles. The van der Waals surface area contributed by atoms with E-state index in [1.54, 1.807) is 12.1 Å². The lowest BCUT2D eigenvalue weighted by Crippen LogP contribution is -2.39. The number of rotatable bonds is 2. The van der Waals surface area contributed by atoms with Crippen LogP contribution in [0.1, 0.15) is 48.0 Å². The van der Waals surface area contributed by atoms with Gasteiger partial charge in [-0.2, -0.15) is 0 Å². The second-order valence-corrected chi connectivity index (χ2v) is 4.90. The van der Waals surface area contributed by atoms with Crippen LogP contribution < -0.4 is 5.73 Å². The smallest absolute Gasteiger partial charge is 0.337 e. The lowest BCUT2D eigenvalue weighted by molar-refractivity contribution is 0.0600. The van der Waals surface area contributed by atoms with Crippen molar-refractivity contribution in [1.82, 2.24) is 0 Å².